The Hall–Kier alpha value is -4.46. The maximum absolute atomic E-state index is 13.2. The zero-order chi connectivity index (χ0) is 34.2. The monoisotopic (exact) mass is 668 g/mol. The number of halogens is 3. The number of aliphatic hydroxyl groups is 1. The third-order valence-electron chi connectivity index (χ3n) is 10.1. The highest BCUT2D eigenvalue weighted by atomic mass is 19.4. The van der Waals surface area contributed by atoms with Crippen LogP contribution in [0.3, 0.4) is 0 Å². The summed E-state index contributed by atoms with van der Waals surface area (Å²) in [5.41, 5.74) is 3.19. The second-order valence-corrected chi connectivity index (χ2v) is 12.7. The van der Waals surface area contributed by atoms with Crippen molar-refractivity contribution in [3.8, 4) is 28.7 Å². The molecule has 3 N–H and O–H groups in total. The number of benzene rings is 3. The predicted octanol–water partition coefficient (Wildman–Crippen LogP) is 4.92. The maximum atomic E-state index is 13.2. The molecule has 0 saturated carbocycles. The zero-order valence-corrected chi connectivity index (χ0v) is 26.7. The number of methoxy groups -OCH3 is 1. The van der Waals surface area contributed by atoms with E-state index >= 15 is 0 Å². The van der Waals surface area contributed by atoms with Gasteiger partial charge in [0.2, 0.25) is 6.79 Å². The number of aromatic hydroxyl groups is 2. The van der Waals surface area contributed by atoms with Gasteiger partial charge in [0.25, 0.3) is 0 Å². The fourth-order valence-electron chi connectivity index (χ4n) is 8.01. The standard InChI is InChI=1S/C35H35F3N2O8/c1-16-10-19-12-23-34(44)40-22(28(39(23)3)26(19)30(43)31(16)45-4)13-21-27(33-32(47-15-48-33)17(2)29(21)42)24(40)14-46-25(41)9-8-18-6-5-7-20(11-18)35(36,37)38/h5-11,22-24,28,34,42-44H,12-15H2,1-4H3/b9-8+/t22?,23-,24-,28-,34-/m0/s1. The zero-order valence-electron chi connectivity index (χ0n) is 26.7. The van der Waals surface area contributed by atoms with Crippen molar-refractivity contribution in [3.05, 3.63) is 80.9 Å². The molecule has 3 aromatic carbocycles. The van der Waals surface area contributed by atoms with Crippen molar-refractivity contribution in [1.82, 2.24) is 9.80 Å². The van der Waals surface area contributed by atoms with Crippen LogP contribution in [0.5, 0.6) is 28.7 Å². The molecular formula is C35H35F3N2O8. The van der Waals surface area contributed by atoms with Crippen molar-refractivity contribution in [3.63, 3.8) is 0 Å². The molecule has 2 bridgehead atoms. The van der Waals surface area contributed by atoms with Crippen molar-refractivity contribution in [2.24, 2.45) is 0 Å². The number of ether oxygens (including phenoxy) is 4. The number of rotatable bonds is 5. The number of likely N-dealkylation sites (N-methyl/N-ethyl adjacent to an activating group) is 1. The Labute approximate surface area is 274 Å². The van der Waals surface area contributed by atoms with Gasteiger partial charge in [-0.2, -0.15) is 13.2 Å². The molecule has 13 heteroatoms. The van der Waals surface area contributed by atoms with Crippen LogP contribution in [0.4, 0.5) is 13.2 Å². The van der Waals surface area contributed by atoms with E-state index in [1.54, 1.807) is 6.92 Å². The second kappa shape index (κ2) is 11.6. The molecule has 7 rings (SSSR count). The topological polar surface area (TPSA) is 121 Å². The lowest BCUT2D eigenvalue weighted by atomic mass is 9.73. The van der Waals surface area contributed by atoms with Gasteiger partial charge in [-0.3, -0.25) is 9.80 Å². The van der Waals surface area contributed by atoms with E-state index in [1.165, 1.54) is 25.3 Å². The summed E-state index contributed by atoms with van der Waals surface area (Å²) >= 11 is 0. The van der Waals surface area contributed by atoms with Crippen LogP contribution in [0.25, 0.3) is 6.08 Å². The lowest BCUT2D eigenvalue weighted by Gasteiger charge is -2.59. The summed E-state index contributed by atoms with van der Waals surface area (Å²) in [7, 11) is 3.38. The number of esters is 1. The molecule has 1 unspecified atom stereocenters. The second-order valence-electron chi connectivity index (χ2n) is 12.7. The largest absolute Gasteiger partial charge is 0.507 e. The number of phenolic OH excluding ortho intramolecular Hbond substituents is 2. The van der Waals surface area contributed by atoms with Gasteiger partial charge in [-0.15, -0.1) is 0 Å². The Bertz CT molecular complexity index is 1840. The summed E-state index contributed by atoms with van der Waals surface area (Å²) in [6, 6.07) is 4.34. The van der Waals surface area contributed by atoms with Crippen LogP contribution >= 0.6 is 0 Å². The first-order chi connectivity index (χ1) is 22.8. The number of hydrogen-bond acceptors (Lipinski definition) is 10. The van der Waals surface area contributed by atoms with Crippen LogP contribution in [-0.2, 0) is 28.5 Å². The number of fused-ring (bicyclic) bond motifs is 9. The minimum Gasteiger partial charge on any atom is -0.507 e. The van der Waals surface area contributed by atoms with Crippen LogP contribution in [0.1, 0.15) is 56.6 Å². The number of aryl methyl sites for hydroxylation is 1. The van der Waals surface area contributed by atoms with Crippen LogP contribution in [-0.4, -0.2) is 77.0 Å². The van der Waals surface area contributed by atoms with E-state index in [-0.39, 0.29) is 36.9 Å². The number of carbonyl (C=O) groups is 1. The molecule has 3 aromatic rings. The van der Waals surface area contributed by atoms with Gasteiger partial charge in [-0.05, 0) is 68.6 Å². The SMILES string of the molecule is COc1c(C)cc2c(c1O)[C@@H]1C3Cc4c(O)c(C)c5c(c4[C@H](COC(=O)/C=C/c4cccc(C(F)(F)F)c4)N3[C@@H](O)[C@H](C2)N1C)OCO5. The molecule has 48 heavy (non-hydrogen) atoms. The van der Waals surface area contributed by atoms with E-state index in [0.717, 1.165) is 29.3 Å². The van der Waals surface area contributed by atoms with Gasteiger partial charge in [-0.1, -0.05) is 18.2 Å². The normalized spacial score (nSPS) is 24.6. The molecular weight excluding hydrogens is 633 g/mol. The molecule has 0 radical (unpaired) electrons. The molecule has 4 aliphatic rings. The highest BCUT2D eigenvalue weighted by molar-refractivity contribution is 5.87. The third kappa shape index (κ3) is 4.94. The lowest BCUT2D eigenvalue weighted by molar-refractivity contribution is -0.182. The number of aliphatic hydroxyl groups excluding tert-OH is 1. The number of carbonyl (C=O) groups excluding carboxylic acids is 1. The highest BCUT2D eigenvalue weighted by Gasteiger charge is 2.56. The van der Waals surface area contributed by atoms with E-state index in [4.69, 9.17) is 18.9 Å². The molecule has 0 spiro atoms. The van der Waals surface area contributed by atoms with Gasteiger partial charge in [0.15, 0.2) is 23.0 Å². The Morgan fingerprint density at radius 1 is 1.06 bits per heavy atom. The molecule has 0 amide bonds. The van der Waals surface area contributed by atoms with Gasteiger partial charge in [0.05, 0.1) is 30.8 Å². The Balaban J connectivity index is 1.29. The molecule has 4 aliphatic heterocycles. The smallest absolute Gasteiger partial charge is 0.416 e. The van der Waals surface area contributed by atoms with Gasteiger partial charge < -0.3 is 34.3 Å². The van der Waals surface area contributed by atoms with Crippen LogP contribution < -0.4 is 14.2 Å². The number of piperazine rings is 1. The molecule has 10 nitrogen and oxygen atoms in total. The minimum atomic E-state index is -4.53. The highest BCUT2D eigenvalue weighted by Crippen LogP contribution is 2.58. The summed E-state index contributed by atoms with van der Waals surface area (Å²) in [5, 5.41) is 35.1. The minimum absolute atomic E-state index is 0.00400. The summed E-state index contributed by atoms with van der Waals surface area (Å²) in [5.74, 6) is 0.297. The first-order valence-corrected chi connectivity index (χ1v) is 15.5. The van der Waals surface area contributed by atoms with E-state index in [9.17, 15) is 33.3 Å². The Kier molecular flexibility index (Phi) is 7.76. The molecule has 1 saturated heterocycles. The molecule has 0 aliphatic carbocycles. The van der Waals surface area contributed by atoms with E-state index in [2.05, 4.69) is 0 Å². The summed E-state index contributed by atoms with van der Waals surface area (Å²) in [6.07, 6.45) is -2.64. The van der Waals surface area contributed by atoms with Crippen molar-refractivity contribution in [1.29, 1.82) is 0 Å². The summed E-state index contributed by atoms with van der Waals surface area (Å²) in [6.45, 7) is 3.20. The molecule has 254 valence electrons. The molecule has 5 atom stereocenters. The van der Waals surface area contributed by atoms with Crippen LogP contribution in [0, 0.1) is 13.8 Å². The Morgan fingerprint density at radius 2 is 1.81 bits per heavy atom. The maximum Gasteiger partial charge on any atom is 0.416 e. The average molecular weight is 669 g/mol. The van der Waals surface area contributed by atoms with Gasteiger partial charge in [-0.25, -0.2) is 4.79 Å². The summed E-state index contributed by atoms with van der Waals surface area (Å²) in [4.78, 5) is 16.9. The number of phenols is 2. The van der Waals surface area contributed by atoms with Crippen molar-refractivity contribution < 1.29 is 52.2 Å². The summed E-state index contributed by atoms with van der Waals surface area (Å²) < 4.78 is 62.5. The quantitative estimate of drug-likeness (QED) is 0.255. The number of hydrogen-bond donors (Lipinski definition) is 3. The lowest BCUT2D eigenvalue weighted by Crippen LogP contribution is -2.68. The van der Waals surface area contributed by atoms with Gasteiger partial charge >= 0.3 is 12.1 Å². The van der Waals surface area contributed by atoms with Crippen LogP contribution in [0.2, 0.25) is 0 Å². The first kappa shape index (κ1) is 32.1. The van der Waals surface area contributed by atoms with E-state index in [0.29, 0.717) is 45.9 Å². The van der Waals surface area contributed by atoms with E-state index < -0.39 is 48.1 Å². The van der Waals surface area contributed by atoms with Crippen molar-refractivity contribution in [2.45, 2.75) is 63.3 Å². The molecule has 4 heterocycles. The molecule has 0 aromatic heterocycles. The molecule has 1 fully saturated rings. The average Bonchev–Trinajstić information content (AvgIpc) is 3.54. The predicted molar refractivity (Wildman–Crippen MR) is 166 cm³/mol. The Morgan fingerprint density at radius 3 is 2.54 bits per heavy atom. The van der Waals surface area contributed by atoms with Gasteiger partial charge in [0.1, 0.15) is 18.6 Å². The number of alkyl halides is 3. The fourth-order valence-corrected chi connectivity index (χ4v) is 8.01. The van der Waals surface area contributed by atoms with E-state index in [1.807, 2.05) is 29.8 Å². The number of nitrogens with zero attached hydrogens (tertiary/aromatic N) is 2. The van der Waals surface area contributed by atoms with Gasteiger partial charge in [0, 0.05) is 34.4 Å². The van der Waals surface area contributed by atoms with Crippen molar-refractivity contribution in [2.75, 3.05) is 27.6 Å². The first-order valence-electron chi connectivity index (χ1n) is 15.5. The van der Waals surface area contributed by atoms with Crippen LogP contribution in [0.15, 0.2) is 36.4 Å². The third-order valence-corrected chi connectivity index (χ3v) is 10.1. The fraction of sp³-hybridized carbons (Fsp3) is 0.400. The van der Waals surface area contributed by atoms with Crippen molar-refractivity contribution >= 4 is 12.0 Å².